The second-order valence-electron chi connectivity index (χ2n) is 0.577. The molecule has 103 valence electrons. The van der Waals surface area contributed by atoms with Crippen LogP contribution < -0.4 is 24.9 Å². The molecule has 20 heteroatoms. The fourth-order valence-corrected chi connectivity index (χ4v) is 0. The Morgan fingerprint density at radius 1 is 0.400 bits per heavy atom. The number of rotatable bonds is 0. The van der Waals surface area contributed by atoms with Gasteiger partial charge in [-0.05, 0) is 0 Å². The van der Waals surface area contributed by atoms with Gasteiger partial charge in [0.1, 0.15) is 0 Å². The van der Waals surface area contributed by atoms with E-state index in [4.69, 9.17) is 47.8 Å². The summed E-state index contributed by atoms with van der Waals surface area (Å²) in [6.45, 7) is 0. The normalized spacial score (nSPS) is 2.40. The summed E-state index contributed by atoms with van der Waals surface area (Å²) in [5.74, 6) is 0. The molecule has 0 atom stereocenters. The predicted molar refractivity (Wildman–Crippen MR) is 38.6 cm³/mol. The van der Waals surface area contributed by atoms with Gasteiger partial charge in [-0.1, -0.05) is 0 Å². The van der Waals surface area contributed by atoms with Crippen molar-refractivity contribution in [3.05, 3.63) is 0 Å². The molecule has 0 rings (SSSR count). The van der Waals surface area contributed by atoms with E-state index in [1.54, 1.807) is 0 Å². The minimum Gasteiger partial charge on any atom is 3.00 e. The zero-order valence-corrected chi connectivity index (χ0v) is 21.4. The Bertz CT molecular complexity index is 119. The van der Waals surface area contributed by atoms with Gasteiger partial charge in [0.25, 0.3) is 0 Å². The molecule has 0 aromatic rings. The van der Waals surface area contributed by atoms with Crippen LogP contribution in [0, 0.1) is 80.4 Å². The largest absolute Gasteiger partial charge is 3.00 e. The zero-order chi connectivity index (χ0) is 16.2. The van der Waals surface area contributed by atoms with Crippen molar-refractivity contribution in [1.29, 1.82) is 0 Å². The van der Waals surface area contributed by atoms with E-state index in [2.05, 4.69) is 0 Å². The van der Waals surface area contributed by atoms with Gasteiger partial charge in [0.15, 0.2) is 0 Å². The first-order chi connectivity index (χ1) is 8.49. The van der Waals surface area contributed by atoms with Gasteiger partial charge in [-0.3, -0.25) is 0 Å². The standard InChI is InChI=1S/6Al.Ce.12O.Tb/q;;;;;;+3;;;;;;;6*-1;+3. The Morgan fingerprint density at radius 3 is 0.400 bits per heavy atom. The van der Waals surface area contributed by atoms with Crippen LogP contribution >= 0.6 is 0 Å². The Labute approximate surface area is 216 Å². The number of hydrogen-bond donors (Lipinski definition) is 0. The van der Waals surface area contributed by atoms with Crippen LogP contribution in [0.4, 0.5) is 0 Å². The van der Waals surface area contributed by atoms with Crippen LogP contribution in [0.2, 0.25) is 0 Å². The summed E-state index contributed by atoms with van der Waals surface area (Å²) in [6.07, 6.45) is 0. The van der Waals surface area contributed by atoms with Gasteiger partial charge in [-0.15, -0.1) is 0 Å². The molecule has 0 saturated carbocycles. The maximum atomic E-state index is 8.46. The molecule has 0 heterocycles. The Morgan fingerprint density at radius 2 is 0.400 bits per heavy atom. The molecular weight excluding hydrogens is 653 g/mol. The van der Waals surface area contributed by atoms with Crippen molar-refractivity contribution in [3.63, 3.8) is 0 Å². The maximum Gasteiger partial charge on any atom is 3.00 e. The molecule has 12 nitrogen and oxygen atoms in total. The smallest absolute Gasteiger partial charge is 3.00 e. The first-order valence-corrected chi connectivity index (χ1v) is 8.49. The summed E-state index contributed by atoms with van der Waals surface area (Å²) >= 11 is -10.5. The summed E-state index contributed by atoms with van der Waals surface area (Å²) in [5.41, 5.74) is 0. The molecule has 0 aromatic carbocycles. The van der Waals surface area contributed by atoms with Crippen molar-refractivity contribution in [2.75, 3.05) is 0 Å². The van der Waals surface area contributed by atoms with Crippen molar-refractivity contribution in [1.82, 2.24) is 0 Å². The van der Waals surface area contributed by atoms with E-state index in [0.717, 1.165) is 0 Å². The average Bonchev–Trinajstić information content (AvgIpc) is 2.23. The van der Waals surface area contributed by atoms with Crippen molar-refractivity contribution >= 4 is 92.9 Å². The summed E-state index contributed by atoms with van der Waals surface area (Å²) in [6, 6.07) is 0. The van der Waals surface area contributed by atoms with Crippen LogP contribution in [0.25, 0.3) is 0 Å². The van der Waals surface area contributed by atoms with E-state index in [9.17, 15) is 0 Å². The van der Waals surface area contributed by atoms with Crippen LogP contribution in [0.5, 0.6) is 0 Å². The van der Waals surface area contributed by atoms with Gasteiger partial charge in [-0.25, -0.2) is 0 Å². The topological polar surface area (TPSA) is 241 Å². The third kappa shape index (κ3) is 751. The third-order valence-corrected chi connectivity index (χ3v) is 0. The van der Waals surface area contributed by atoms with Gasteiger partial charge >= 0.3 is 221 Å². The van der Waals surface area contributed by atoms with Gasteiger partial charge in [0.05, 0.1) is 0 Å². The van der Waals surface area contributed by atoms with Crippen LogP contribution in [0.3, 0.4) is 0 Å². The summed E-state index contributed by atoms with van der Waals surface area (Å²) in [4.78, 5) is 0. The molecule has 0 unspecified atom stereocenters. The molecule has 0 aromatic heterocycles. The Kier molecular flexibility index (Phi) is 286. The zero-order valence-electron chi connectivity index (χ0n) is 9.20. The summed E-state index contributed by atoms with van der Waals surface area (Å²) in [7, 11) is 0. The molecule has 0 amide bonds. The quantitative estimate of drug-likeness (QED) is 0.222. The molecule has 20 heavy (non-hydrogen) atoms. The average molecular weight is 653 g/mol. The van der Waals surface area contributed by atoms with Crippen molar-refractivity contribution in [2.24, 2.45) is 0 Å². The second-order valence-corrected chi connectivity index (χ2v) is 1.73. The summed E-state index contributed by atoms with van der Waals surface area (Å²) in [5, 5.41) is 0. The van der Waals surface area contributed by atoms with Crippen LogP contribution in [0.1, 0.15) is 0 Å². The van der Waals surface area contributed by atoms with Gasteiger partial charge in [0.2, 0.25) is 0 Å². The molecule has 0 aliphatic rings. The molecule has 0 bridgehead atoms. The van der Waals surface area contributed by atoms with E-state index in [1.165, 1.54) is 0 Å². The molecule has 0 spiro atoms. The minimum atomic E-state index is -1.75. The fraction of sp³-hybridized carbons (Fsp3) is 0. The third-order valence-electron chi connectivity index (χ3n) is 0. The van der Waals surface area contributed by atoms with Crippen molar-refractivity contribution in [2.45, 2.75) is 0 Å². The van der Waals surface area contributed by atoms with Crippen molar-refractivity contribution < 1.29 is 128 Å². The van der Waals surface area contributed by atoms with E-state index in [1.807, 2.05) is 0 Å². The molecule has 0 aliphatic carbocycles. The first kappa shape index (κ1) is 49.5. The van der Waals surface area contributed by atoms with Gasteiger partial charge in [0, 0.05) is 0 Å². The van der Waals surface area contributed by atoms with Crippen molar-refractivity contribution in [3.8, 4) is 0 Å². The number of hydrogen-bond acceptors (Lipinski definition) is 12. The SMILES string of the molecule is [Ce+3].[O]=[Al][O-].[O]=[Al][O-].[O]=[Al][O-].[O]=[Al][O-].[O]=[Al][O-].[O]=[Al][O-].[Tb+3]. The first-order valence-electron chi connectivity index (χ1n) is 2.83. The van der Waals surface area contributed by atoms with E-state index >= 15 is 0 Å². The minimum absolute atomic E-state index is 0. The van der Waals surface area contributed by atoms with Crippen LogP contribution in [-0.4, -0.2) is 92.9 Å². The summed E-state index contributed by atoms with van der Waals surface area (Å²) < 4.78 is 101. The van der Waals surface area contributed by atoms with E-state index in [-0.39, 0.29) is 80.4 Å². The van der Waals surface area contributed by atoms with E-state index in [0.29, 0.717) is 0 Å². The second kappa shape index (κ2) is 116. The molecule has 0 aliphatic heterocycles. The van der Waals surface area contributed by atoms with Gasteiger partial charge in [-0.2, -0.15) is 0 Å². The maximum absolute atomic E-state index is 8.46. The molecule has 0 saturated heterocycles. The molecule has 0 N–H and O–H groups in total. The molecule has 1 radical (unpaired) electrons. The molecular formula is Al6CeO12Tb. The Hall–Kier alpha value is 3.46. The van der Waals surface area contributed by atoms with Crippen LogP contribution in [0.15, 0.2) is 0 Å². The fourth-order valence-electron chi connectivity index (χ4n) is 0. The monoisotopic (exact) mass is 653 g/mol. The van der Waals surface area contributed by atoms with E-state index < -0.39 is 92.9 Å². The molecule has 0 fully saturated rings. The van der Waals surface area contributed by atoms with Crippen LogP contribution in [-0.2, 0) is 22.8 Å². The van der Waals surface area contributed by atoms with Gasteiger partial charge < -0.3 is 0 Å². The predicted octanol–water partition coefficient (Wildman–Crippen LogP) is -10.1. The Balaban J connectivity index is -0.0000000141.